The summed E-state index contributed by atoms with van der Waals surface area (Å²) in [5.41, 5.74) is 1.23. The van der Waals surface area contributed by atoms with E-state index in [0.717, 1.165) is 5.56 Å². The number of anilines is 1. The van der Waals surface area contributed by atoms with Gasteiger partial charge in [0.25, 0.3) is 5.91 Å². The summed E-state index contributed by atoms with van der Waals surface area (Å²) in [6.07, 6.45) is 1.75. The topological polar surface area (TPSA) is 29.5 Å². The van der Waals surface area contributed by atoms with Crippen molar-refractivity contribution < 1.29 is 13.9 Å². The normalized spacial score (nSPS) is 16.0. The number of para-hydroxylation sites is 1. The molecule has 1 saturated heterocycles. The predicted octanol–water partition coefficient (Wildman–Crippen LogP) is 5.28. The monoisotopic (exact) mass is 393 g/mol. The number of rotatable bonds is 4. The fraction of sp³-hybridized carbons (Fsp3) is 0.111. The molecular weight excluding hydrogens is 381 g/mol. The molecule has 2 aromatic carbocycles. The molecule has 7 heteroatoms. The fourth-order valence-electron chi connectivity index (χ4n) is 2.34. The molecule has 1 aliphatic rings. The third-order valence-electron chi connectivity index (χ3n) is 3.46. The van der Waals surface area contributed by atoms with E-state index in [1.54, 1.807) is 6.08 Å². The first kappa shape index (κ1) is 17.9. The van der Waals surface area contributed by atoms with Gasteiger partial charge in [0.1, 0.15) is 11.6 Å². The van der Waals surface area contributed by atoms with Crippen LogP contribution >= 0.6 is 35.6 Å². The maximum atomic E-state index is 13.4. The van der Waals surface area contributed by atoms with Crippen LogP contribution in [0.25, 0.3) is 6.08 Å². The minimum Gasteiger partial charge on any atom is -0.493 e. The van der Waals surface area contributed by atoms with Crippen LogP contribution in [0, 0.1) is 5.82 Å². The van der Waals surface area contributed by atoms with Crippen LogP contribution in [-0.4, -0.2) is 16.8 Å². The minimum absolute atomic E-state index is 0.0581. The molecule has 3 nitrogen and oxygen atoms in total. The maximum absolute atomic E-state index is 13.4. The number of halogens is 2. The zero-order chi connectivity index (χ0) is 18.0. The molecule has 0 bridgehead atoms. The van der Waals surface area contributed by atoms with Crippen LogP contribution in [0.1, 0.15) is 12.5 Å². The molecule has 0 atom stereocenters. The first-order valence-corrected chi connectivity index (χ1v) is 9.06. The third-order valence-corrected chi connectivity index (χ3v) is 5.05. The molecule has 1 heterocycles. The lowest BCUT2D eigenvalue weighted by atomic mass is 10.2. The Morgan fingerprint density at radius 2 is 2.08 bits per heavy atom. The van der Waals surface area contributed by atoms with E-state index < -0.39 is 5.82 Å². The van der Waals surface area contributed by atoms with E-state index in [-0.39, 0.29) is 10.9 Å². The van der Waals surface area contributed by atoms with Gasteiger partial charge in [-0.2, -0.15) is 0 Å². The Kier molecular flexibility index (Phi) is 5.42. The van der Waals surface area contributed by atoms with Crippen LogP contribution in [0.3, 0.4) is 0 Å². The Morgan fingerprint density at radius 1 is 1.32 bits per heavy atom. The highest BCUT2D eigenvalue weighted by Crippen LogP contribution is 2.38. The standard InChI is InChI=1S/C18H13ClFNO2S2/c1-2-23-15-6-4-3-5-11(15)9-16-17(22)21(18(24)25-16)12-7-8-14(20)13(19)10-12/h3-10H,2H2,1H3/b16-9+. The van der Waals surface area contributed by atoms with Gasteiger partial charge in [0.15, 0.2) is 4.32 Å². The lowest BCUT2D eigenvalue weighted by Crippen LogP contribution is -2.27. The summed E-state index contributed by atoms with van der Waals surface area (Å²) < 4.78 is 19.3. The first-order valence-electron chi connectivity index (χ1n) is 7.46. The summed E-state index contributed by atoms with van der Waals surface area (Å²) >= 11 is 12.3. The molecule has 1 aliphatic heterocycles. The molecule has 0 aliphatic carbocycles. The number of thiocarbonyl (C=S) groups is 1. The van der Waals surface area contributed by atoms with E-state index in [1.807, 2.05) is 31.2 Å². The Morgan fingerprint density at radius 3 is 2.80 bits per heavy atom. The maximum Gasteiger partial charge on any atom is 0.270 e. The summed E-state index contributed by atoms with van der Waals surface area (Å²) in [5, 5.41) is -0.0581. The average molecular weight is 394 g/mol. The number of amides is 1. The SMILES string of the molecule is CCOc1ccccc1/C=C1/SC(=S)N(c2ccc(F)c(Cl)c2)C1=O. The van der Waals surface area contributed by atoms with Crippen molar-refractivity contribution in [1.29, 1.82) is 0 Å². The molecule has 2 aromatic rings. The van der Waals surface area contributed by atoms with E-state index in [0.29, 0.717) is 27.3 Å². The van der Waals surface area contributed by atoms with Crippen molar-refractivity contribution in [3.8, 4) is 5.75 Å². The van der Waals surface area contributed by atoms with Gasteiger partial charge in [-0.1, -0.05) is 53.8 Å². The zero-order valence-corrected chi connectivity index (χ0v) is 15.6. The number of benzene rings is 2. The molecule has 0 spiro atoms. The predicted molar refractivity (Wildman–Crippen MR) is 105 cm³/mol. The summed E-state index contributed by atoms with van der Waals surface area (Å²) in [6.45, 7) is 2.43. The van der Waals surface area contributed by atoms with E-state index in [4.69, 9.17) is 28.6 Å². The van der Waals surface area contributed by atoms with Gasteiger partial charge in [0, 0.05) is 5.56 Å². The molecule has 1 fully saturated rings. The Bertz CT molecular complexity index is 885. The quantitative estimate of drug-likeness (QED) is 0.522. The van der Waals surface area contributed by atoms with E-state index >= 15 is 0 Å². The zero-order valence-electron chi connectivity index (χ0n) is 13.2. The first-order chi connectivity index (χ1) is 12.0. The molecule has 3 rings (SSSR count). The van der Waals surface area contributed by atoms with Gasteiger partial charge in [0.2, 0.25) is 0 Å². The highest BCUT2D eigenvalue weighted by atomic mass is 35.5. The molecule has 0 unspecified atom stereocenters. The Hall–Kier alpha value is -1.89. The Labute approximate surface area is 159 Å². The number of ether oxygens (including phenoxy) is 1. The van der Waals surface area contributed by atoms with E-state index in [2.05, 4.69) is 0 Å². The van der Waals surface area contributed by atoms with Crippen molar-refractivity contribution in [1.82, 2.24) is 0 Å². The van der Waals surface area contributed by atoms with Gasteiger partial charge in [0.05, 0.1) is 22.2 Å². The van der Waals surface area contributed by atoms with Crippen molar-refractivity contribution in [2.45, 2.75) is 6.92 Å². The second-order valence-corrected chi connectivity index (χ2v) is 7.17. The number of carbonyl (C=O) groups is 1. The molecular formula is C18H13ClFNO2S2. The number of nitrogens with zero attached hydrogens (tertiary/aromatic N) is 1. The number of hydrogen-bond donors (Lipinski definition) is 0. The van der Waals surface area contributed by atoms with Gasteiger partial charge in [-0.05, 0) is 37.3 Å². The van der Waals surface area contributed by atoms with Gasteiger partial charge in [-0.3, -0.25) is 9.69 Å². The largest absolute Gasteiger partial charge is 0.493 e. The van der Waals surface area contributed by atoms with Gasteiger partial charge in [-0.25, -0.2) is 4.39 Å². The lowest BCUT2D eigenvalue weighted by Gasteiger charge is -2.14. The molecule has 1 amide bonds. The number of hydrogen-bond acceptors (Lipinski definition) is 4. The van der Waals surface area contributed by atoms with Crippen molar-refractivity contribution in [2.24, 2.45) is 0 Å². The van der Waals surface area contributed by atoms with Crippen molar-refractivity contribution in [3.63, 3.8) is 0 Å². The van der Waals surface area contributed by atoms with Crippen LogP contribution in [0.4, 0.5) is 10.1 Å². The molecule has 0 radical (unpaired) electrons. The van der Waals surface area contributed by atoms with Gasteiger partial charge < -0.3 is 4.74 Å². The molecule has 25 heavy (non-hydrogen) atoms. The summed E-state index contributed by atoms with van der Waals surface area (Å²) in [4.78, 5) is 14.6. The highest BCUT2D eigenvalue weighted by Gasteiger charge is 2.33. The Balaban J connectivity index is 1.95. The minimum atomic E-state index is -0.544. The molecule has 0 N–H and O–H groups in total. The third kappa shape index (κ3) is 3.71. The van der Waals surface area contributed by atoms with E-state index in [9.17, 15) is 9.18 Å². The lowest BCUT2D eigenvalue weighted by molar-refractivity contribution is -0.113. The summed E-state index contributed by atoms with van der Waals surface area (Å²) in [7, 11) is 0. The number of carbonyl (C=O) groups excluding carboxylic acids is 1. The van der Waals surface area contributed by atoms with Crippen LogP contribution in [-0.2, 0) is 4.79 Å². The van der Waals surface area contributed by atoms with Crippen molar-refractivity contribution in [2.75, 3.05) is 11.5 Å². The highest BCUT2D eigenvalue weighted by molar-refractivity contribution is 8.27. The number of thioether (sulfide) groups is 1. The van der Waals surface area contributed by atoms with Crippen LogP contribution in [0.2, 0.25) is 5.02 Å². The smallest absolute Gasteiger partial charge is 0.270 e. The van der Waals surface area contributed by atoms with Gasteiger partial charge in [-0.15, -0.1) is 0 Å². The summed E-state index contributed by atoms with van der Waals surface area (Å²) in [5.74, 6) is -0.124. The molecule has 0 aromatic heterocycles. The van der Waals surface area contributed by atoms with Crippen LogP contribution in [0.15, 0.2) is 47.4 Å². The fourth-order valence-corrected chi connectivity index (χ4v) is 3.81. The van der Waals surface area contributed by atoms with Crippen molar-refractivity contribution in [3.05, 3.63) is 63.8 Å². The van der Waals surface area contributed by atoms with Gasteiger partial charge >= 0.3 is 0 Å². The van der Waals surface area contributed by atoms with Crippen molar-refractivity contribution >= 4 is 57.6 Å². The summed E-state index contributed by atoms with van der Waals surface area (Å²) in [6, 6.07) is 11.5. The average Bonchev–Trinajstić information content (AvgIpc) is 2.86. The van der Waals surface area contributed by atoms with E-state index in [1.165, 1.54) is 34.9 Å². The molecule has 0 saturated carbocycles. The second-order valence-electron chi connectivity index (χ2n) is 5.09. The van der Waals surface area contributed by atoms with Crippen LogP contribution < -0.4 is 9.64 Å². The van der Waals surface area contributed by atoms with Crippen LogP contribution in [0.5, 0.6) is 5.75 Å². The molecule has 128 valence electrons. The second kappa shape index (κ2) is 7.56.